The first kappa shape index (κ1) is 20.2. The third-order valence-corrected chi connectivity index (χ3v) is 5.82. The van der Waals surface area contributed by atoms with Crippen LogP contribution < -0.4 is 4.90 Å². The lowest BCUT2D eigenvalue weighted by Gasteiger charge is -2.21. The van der Waals surface area contributed by atoms with Gasteiger partial charge in [-0.25, -0.2) is 0 Å². The third-order valence-electron chi connectivity index (χ3n) is 5.28. The van der Waals surface area contributed by atoms with Gasteiger partial charge in [0.1, 0.15) is 0 Å². The van der Waals surface area contributed by atoms with E-state index < -0.39 is 0 Å². The molecule has 0 N–H and O–H groups in total. The van der Waals surface area contributed by atoms with Crippen molar-refractivity contribution in [3.8, 4) is 11.1 Å². The van der Waals surface area contributed by atoms with E-state index in [1.54, 1.807) is 23.1 Å². The molecule has 0 spiro atoms. The number of aromatic nitrogens is 1. The molecule has 0 saturated carbocycles. The molecule has 1 aliphatic rings. The van der Waals surface area contributed by atoms with Gasteiger partial charge in [-0.15, -0.1) is 0 Å². The first-order valence-corrected chi connectivity index (χ1v) is 10.1. The quantitative estimate of drug-likeness (QED) is 0.252. The summed E-state index contributed by atoms with van der Waals surface area (Å²) in [5.74, 6) is -0.167. The number of hydrogen-bond acceptors (Lipinski definition) is 3. The van der Waals surface area contributed by atoms with E-state index in [9.17, 15) is 4.79 Å². The second-order valence-electron chi connectivity index (χ2n) is 7.01. The molecule has 0 saturated heterocycles. The number of aryl methyl sites for hydroxylation is 1. The van der Waals surface area contributed by atoms with Crippen LogP contribution in [-0.2, 0) is 6.54 Å². The van der Waals surface area contributed by atoms with Gasteiger partial charge in [-0.05, 0) is 49.2 Å². The minimum Gasteiger partial charge on any atom is -0.299 e. The number of carbonyl (C=O) groups is 1. The molecule has 6 nitrogen and oxygen atoms in total. The molecule has 0 bridgehead atoms. The number of amides is 1. The van der Waals surface area contributed by atoms with Gasteiger partial charge in [0, 0.05) is 37.5 Å². The maximum Gasteiger partial charge on any atom is 0.261 e. The Hall–Kier alpha value is -3.05. The number of halogens is 2. The molecule has 1 atom stereocenters. The summed E-state index contributed by atoms with van der Waals surface area (Å²) >= 11 is 12.6. The highest BCUT2D eigenvalue weighted by Gasteiger charge is 2.40. The molecule has 1 aromatic heterocycles. The van der Waals surface area contributed by atoms with Gasteiger partial charge in [0.2, 0.25) is 0 Å². The van der Waals surface area contributed by atoms with Crippen molar-refractivity contribution in [2.75, 3.05) is 4.90 Å². The van der Waals surface area contributed by atoms with Gasteiger partial charge >= 0.3 is 0 Å². The van der Waals surface area contributed by atoms with Crippen molar-refractivity contribution in [3.63, 3.8) is 0 Å². The minimum atomic E-state index is -0.257. The monoisotopic (exact) mass is 437 g/mol. The van der Waals surface area contributed by atoms with Crippen molar-refractivity contribution in [3.05, 3.63) is 91.5 Å². The Morgan fingerprint density at radius 3 is 2.57 bits per heavy atom. The van der Waals surface area contributed by atoms with Crippen LogP contribution in [0.25, 0.3) is 21.6 Å². The second-order valence-corrected chi connectivity index (χ2v) is 7.85. The van der Waals surface area contributed by atoms with Crippen LogP contribution in [0.2, 0.25) is 10.0 Å². The topological polar surface area (TPSA) is 82.0 Å². The number of hydrogen-bond donors (Lipinski definition) is 0. The predicted molar refractivity (Wildman–Crippen MR) is 119 cm³/mol. The predicted octanol–water partition coefficient (Wildman–Crippen LogP) is 6.90. The number of nitrogens with zero attached hydrogens (tertiary/aromatic N) is 5. The molecule has 1 amide bonds. The first-order valence-electron chi connectivity index (χ1n) is 9.32. The average Bonchev–Trinajstić information content (AvgIpc) is 2.97. The maximum atomic E-state index is 13.6. The summed E-state index contributed by atoms with van der Waals surface area (Å²) in [4.78, 5) is 23.0. The summed E-state index contributed by atoms with van der Waals surface area (Å²) < 4.78 is 0. The van der Waals surface area contributed by atoms with E-state index in [0.717, 1.165) is 5.69 Å². The number of anilines is 1. The highest BCUT2D eigenvalue weighted by Crippen LogP contribution is 2.44. The van der Waals surface area contributed by atoms with Crippen molar-refractivity contribution < 1.29 is 4.79 Å². The Labute approximate surface area is 183 Å². The van der Waals surface area contributed by atoms with Crippen molar-refractivity contribution in [2.45, 2.75) is 26.4 Å². The van der Waals surface area contributed by atoms with Gasteiger partial charge in [0.05, 0.1) is 23.8 Å². The zero-order valence-corrected chi connectivity index (χ0v) is 17.8. The van der Waals surface area contributed by atoms with E-state index in [4.69, 9.17) is 33.7 Å². The highest BCUT2D eigenvalue weighted by molar-refractivity contribution is 6.36. The van der Waals surface area contributed by atoms with Crippen LogP contribution in [0.3, 0.4) is 0 Å². The Bertz CT molecular complexity index is 1210. The van der Waals surface area contributed by atoms with Gasteiger partial charge in [0.25, 0.3) is 5.91 Å². The molecule has 30 heavy (non-hydrogen) atoms. The molecule has 4 rings (SSSR count). The number of carbonyl (C=O) groups excluding carboxylic acids is 1. The summed E-state index contributed by atoms with van der Waals surface area (Å²) in [6.07, 6.45) is 0. The molecule has 0 fully saturated rings. The third kappa shape index (κ3) is 3.29. The largest absolute Gasteiger partial charge is 0.299 e. The van der Waals surface area contributed by atoms with Crippen molar-refractivity contribution >= 4 is 34.8 Å². The van der Waals surface area contributed by atoms with Crippen LogP contribution in [0.15, 0.2) is 53.6 Å². The molecule has 3 aromatic rings. The number of pyridine rings is 1. The van der Waals surface area contributed by atoms with Crippen LogP contribution in [0, 0.1) is 6.92 Å². The summed E-state index contributed by atoms with van der Waals surface area (Å²) in [6, 6.07) is 14.3. The lowest BCUT2D eigenvalue weighted by atomic mass is 9.92. The molecule has 1 aliphatic heterocycles. The van der Waals surface area contributed by atoms with Crippen LogP contribution >= 0.6 is 23.2 Å². The van der Waals surface area contributed by atoms with Crippen LogP contribution in [0.4, 0.5) is 5.69 Å². The Kier molecular flexibility index (Phi) is 5.39. The summed E-state index contributed by atoms with van der Waals surface area (Å²) in [5.41, 5.74) is 13.5. The first-order chi connectivity index (χ1) is 14.4. The SMILES string of the molecule is Cc1nc2c(c(-c3ccc(Cl)cc3Cl)c1CN=[N+]=[N-])C(=O)N(c1ccccc1)C2C. The Morgan fingerprint density at radius 2 is 1.90 bits per heavy atom. The van der Waals surface area contributed by atoms with E-state index in [0.29, 0.717) is 43.7 Å². The molecule has 0 radical (unpaired) electrons. The lowest BCUT2D eigenvalue weighted by Crippen LogP contribution is -2.26. The Balaban J connectivity index is 2.02. The smallest absolute Gasteiger partial charge is 0.261 e. The molecule has 0 aliphatic carbocycles. The van der Waals surface area contributed by atoms with Crippen molar-refractivity contribution in [1.29, 1.82) is 0 Å². The summed E-state index contributed by atoms with van der Waals surface area (Å²) in [6.45, 7) is 3.85. The van der Waals surface area contributed by atoms with Gasteiger partial charge < -0.3 is 0 Å². The van der Waals surface area contributed by atoms with E-state index in [1.165, 1.54) is 0 Å². The highest BCUT2D eigenvalue weighted by atomic mass is 35.5. The van der Waals surface area contributed by atoms with E-state index in [-0.39, 0.29) is 18.5 Å². The van der Waals surface area contributed by atoms with E-state index in [1.807, 2.05) is 44.2 Å². The average molecular weight is 438 g/mol. The zero-order valence-electron chi connectivity index (χ0n) is 16.3. The number of para-hydroxylation sites is 1. The normalized spacial score (nSPS) is 15.1. The summed E-state index contributed by atoms with van der Waals surface area (Å²) in [5, 5.41) is 4.64. The summed E-state index contributed by atoms with van der Waals surface area (Å²) in [7, 11) is 0. The van der Waals surface area contributed by atoms with Crippen LogP contribution in [-0.4, -0.2) is 10.9 Å². The van der Waals surface area contributed by atoms with E-state index in [2.05, 4.69) is 10.0 Å². The van der Waals surface area contributed by atoms with Crippen molar-refractivity contribution in [2.24, 2.45) is 5.11 Å². The fraction of sp³-hybridized carbons (Fsp3) is 0.182. The number of azide groups is 1. The molecule has 2 aromatic carbocycles. The Morgan fingerprint density at radius 1 is 1.17 bits per heavy atom. The second kappa shape index (κ2) is 8.00. The molecule has 8 heteroatoms. The number of fused-ring (bicyclic) bond motifs is 1. The molecular weight excluding hydrogens is 421 g/mol. The van der Waals surface area contributed by atoms with E-state index >= 15 is 0 Å². The van der Waals surface area contributed by atoms with Gasteiger partial charge in [0.15, 0.2) is 0 Å². The van der Waals surface area contributed by atoms with Gasteiger partial charge in [-0.3, -0.25) is 14.7 Å². The van der Waals surface area contributed by atoms with Crippen molar-refractivity contribution in [1.82, 2.24) is 4.98 Å². The molecule has 2 heterocycles. The lowest BCUT2D eigenvalue weighted by molar-refractivity contribution is 0.0993. The number of benzene rings is 2. The fourth-order valence-corrected chi connectivity index (χ4v) is 4.42. The minimum absolute atomic E-state index is 0.0594. The fourth-order valence-electron chi connectivity index (χ4n) is 3.92. The van der Waals surface area contributed by atoms with Crippen LogP contribution in [0.5, 0.6) is 0 Å². The standard InChI is InChI=1S/C22H17Cl2N5O/c1-12-17(11-26-28-25)19(16-9-8-14(23)10-18(16)24)20-21(27-12)13(2)29(22(20)30)15-6-4-3-5-7-15/h3-10,13H,11H2,1-2H3. The zero-order chi connectivity index (χ0) is 21.4. The van der Waals surface area contributed by atoms with Gasteiger partial charge in [-0.1, -0.05) is 52.6 Å². The number of rotatable bonds is 4. The van der Waals surface area contributed by atoms with Gasteiger partial charge in [-0.2, -0.15) is 0 Å². The molecular formula is C22H17Cl2N5O. The van der Waals surface area contributed by atoms with Crippen LogP contribution in [0.1, 0.15) is 40.3 Å². The molecule has 150 valence electrons. The maximum absolute atomic E-state index is 13.6. The molecule has 1 unspecified atom stereocenters.